The Morgan fingerprint density at radius 1 is 1.25 bits per heavy atom. The Labute approximate surface area is 121 Å². The largest absolute Gasteiger partial charge is 0.444 e. The molecular formula is C17H23NO2. The fourth-order valence-corrected chi connectivity index (χ4v) is 2.60. The molecule has 0 spiro atoms. The molecule has 1 aliphatic rings. The van der Waals surface area contributed by atoms with Gasteiger partial charge in [-0.3, -0.25) is 4.90 Å². The van der Waals surface area contributed by atoms with Crippen LogP contribution < -0.4 is 0 Å². The minimum Gasteiger partial charge on any atom is -0.444 e. The summed E-state index contributed by atoms with van der Waals surface area (Å²) < 4.78 is 5.54. The molecular weight excluding hydrogens is 250 g/mol. The van der Waals surface area contributed by atoms with Crippen molar-refractivity contribution in [2.24, 2.45) is 0 Å². The lowest BCUT2D eigenvalue weighted by Crippen LogP contribution is -2.45. The van der Waals surface area contributed by atoms with Gasteiger partial charge >= 0.3 is 6.09 Å². The molecule has 1 aliphatic heterocycles. The Balaban J connectivity index is 2.33. The van der Waals surface area contributed by atoms with E-state index in [4.69, 9.17) is 4.74 Å². The van der Waals surface area contributed by atoms with Gasteiger partial charge in [0, 0.05) is 6.54 Å². The second-order valence-electron chi connectivity index (χ2n) is 6.57. The van der Waals surface area contributed by atoms with Crippen LogP contribution in [0, 0.1) is 0 Å². The molecule has 1 heterocycles. The van der Waals surface area contributed by atoms with E-state index in [0.29, 0.717) is 6.54 Å². The van der Waals surface area contributed by atoms with Crippen LogP contribution in [0.3, 0.4) is 0 Å². The lowest BCUT2D eigenvalue weighted by Gasteiger charge is -2.36. The van der Waals surface area contributed by atoms with Gasteiger partial charge in [-0.05, 0) is 40.2 Å². The van der Waals surface area contributed by atoms with Gasteiger partial charge in [-0.2, -0.15) is 0 Å². The van der Waals surface area contributed by atoms with Crippen LogP contribution in [0.1, 0.15) is 40.2 Å². The van der Waals surface area contributed by atoms with E-state index in [2.05, 4.69) is 13.0 Å². The standard InChI is InChI=1S/C17H23NO2/c1-13-11-17(5,14-9-7-6-8-10-14)18(12-13)15(19)20-16(2,3)4/h6-11H,12H2,1-5H3/t17-/m0/s1. The summed E-state index contributed by atoms with van der Waals surface area (Å²) in [6.07, 6.45) is 1.88. The summed E-state index contributed by atoms with van der Waals surface area (Å²) in [5, 5.41) is 0. The second-order valence-corrected chi connectivity index (χ2v) is 6.57. The molecule has 0 saturated carbocycles. The van der Waals surface area contributed by atoms with Crippen LogP contribution in [0.2, 0.25) is 0 Å². The molecule has 0 saturated heterocycles. The number of nitrogens with zero attached hydrogens (tertiary/aromatic N) is 1. The molecule has 108 valence electrons. The second kappa shape index (κ2) is 4.97. The molecule has 0 bridgehead atoms. The van der Waals surface area contributed by atoms with E-state index in [9.17, 15) is 4.79 Å². The van der Waals surface area contributed by atoms with Crippen molar-refractivity contribution >= 4 is 6.09 Å². The summed E-state index contributed by atoms with van der Waals surface area (Å²) in [7, 11) is 0. The van der Waals surface area contributed by atoms with Crippen molar-refractivity contribution < 1.29 is 9.53 Å². The predicted octanol–water partition coefficient (Wildman–Crippen LogP) is 4.10. The van der Waals surface area contributed by atoms with E-state index in [-0.39, 0.29) is 6.09 Å². The van der Waals surface area contributed by atoms with Crippen molar-refractivity contribution in [3.05, 3.63) is 47.5 Å². The maximum atomic E-state index is 12.5. The zero-order valence-corrected chi connectivity index (χ0v) is 12.9. The van der Waals surface area contributed by atoms with E-state index in [1.165, 1.54) is 5.57 Å². The normalized spacial score (nSPS) is 22.6. The predicted molar refractivity (Wildman–Crippen MR) is 80.5 cm³/mol. The first-order valence-electron chi connectivity index (χ1n) is 6.97. The first-order valence-corrected chi connectivity index (χ1v) is 6.97. The van der Waals surface area contributed by atoms with Gasteiger partial charge < -0.3 is 4.74 Å². The SMILES string of the molecule is CC1=C[C@@](C)(c2ccccc2)N(C(=O)OC(C)(C)C)C1. The van der Waals surface area contributed by atoms with Gasteiger partial charge in [-0.1, -0.05) is 42.0 Å². The first-order chi connectivity index (χ1) is 9.22. The highest BCUT2D eigenvalue weighted by atomic mass is 16.6. The monoisotopic (exact) mass is 273 g/mol. The number of amides is 1. The molecule has 0 N–H and O–H groups in total. The lowest BCUT2D eigenvalue weighted by atomic mass is 9.91. The van der Waals surface area contributed by atoms with E-state index >= 15 is 0 Å². The number of carbonyl (C=O) groups excluding carboxylic acids is 1. The van der Waals surface area contributed by atoms with Crippen molar-refractivity contribution in [3.63, 3.8) is 0 Å². The number of carbonyl (C=O) groups is 1. The maximum Gasteiger partial charge on any atom is 0.411 e. The molecule has 3 heteroatoms. The van der Waals surface area contributed by atoms with Gasteiger partial charge in [0.1, 0.15) is 5.60 Å². The molecule has 1 aromatic carbocycles. The van der Waals surface area contributed by atoms with Crippen LogP contribution in [-0.4, -0.2) is 23.1 Å². The average Bonchev–Trinajstić information content (AvgIpc) is 2.65. The van der Waals surface area contributed by atoms with E-state index < -0.39 is 11.1 Å². The summed E-state index contributed by atoms with van der Waals surface area (Å²) in [5.74, 6) is 0. The zero-order chi connectivity index (χ0) is 15.0. The molecule has 1 aromatic rings. The Bertz CT molecular complexity index is 528. The number of hydrogen-bond donors (Lipinski definition) is 0. The molecule has 0 radical (unpaired) electrons. The van der Waals surface area contributed by atoms with E-state index in [1.54, 1.807) is 4.90 Å². The molecule has 2 rings (SSSR count). The van der Waals surface area contributed by atoms with Gasteiger partial charge in [0.15, 0.2) is 0 Å². The Kier molecular flexibility index (Phi) is 3.63. The van der Waals surface area contributed by atoms with Crippen LogP contribution in [0.4, 0.5) is 4.79 Å². The van der Waals surface area contributed by atoms with Crippen LogP contribution in [0.5, 0.6) is 0 Å². The highest BCUT2D eigenvalue weighted by molar-refractivity contribution is 5.71. The average molecular weight is 273 g/mol. The molecule has 0 fully saturated rings. The van der Waals surface area contributed by atoms with Crippen LogP contribution in [0.15, 0.2) is 42.0 Å². The highest BCUT2D eigenvalue weighted by Gasteiger charge is 2.41. The lowest BCUT2D eigenvalue weighted by molar-refractivity contribution is 0.0133. The van der Waals surface area contributed by atoms with Crippen LogP contribution in [0.25, 0.3) is 0 Å². The zero-order valence-electron chi connectivity index (χ0n) is 12.9. The van der Waals surface area contributed by atoms with Crippen molar-refractivity contribution in [2.75, 3.05) is 6.54 Å². The number of ether oxygens (including phenoxy) is 1. The molecule has 0 aliphatic carbocycles. The molecule has 20 heavy (non-hydrogen) atoms. The van der Waals surface area contributed by atoms with Gasteiger partial charge in [0.2, 0.25) is 0 Å². The van der Waals surface area contributed by atoms with Crippen LogP contribution >= 0.6 is 0 Å². The van der Waals surface area contributed by atoms with Crippen molar-refractivity contribution in [2.45, 2.75) is 45.8 Å². The topological polar surface area (TPSA) is 29.5 Å². The third-order valence-corrected chi connectivity index (χ3v) is 3.47. The molecule has 1 amide bonds. The minimum atomic E-state index is -0.481. The fourth-order valence-electron chi connectivity index (χ4n) is 2.60. The Hall–Kier alpha value is -1.77. The summed E-state index contributed by atoms with van der Waals surface area (Å²) in [6.45, 7) is 10.4. The third-order valence-electron chi connectivity index (χ3n) is 3.47. The summed E-state index contributed by atoms with van der Waals surface area (Å²) in [6, 6.07) is 10.1. The van der Waals surface area contributed by atoms with Crippen molar-refractivity contribution in [3.8, 4) is 0 Å². The number of hydrogen-bond acceptors (Lipinski definition) is 2. The first kappa shape index (κ1) is 14.6. The van der Waals surface area contributed by atoms with Crippen LogP contribution in [-0.2, 0) is 10.3 Å². The Morgan fingerprint density at radius 3 is 2.40 bits per heavy atom. The maximum absolute atomic E-state index is 12.5. The summed E-state index contributed by atoms with van der Waals surface area (Å²) in [4.78, 5) is 14.3. The third kappa shape index (κ3) is 2.87. The number of benzene rings is 1. The molecule has 3 nitrogen and oxygen atoms in total. The number of rotatable bonds is 1. The van der Waals surface area contributed by atoms with Gasteiger partial charge in [0.05, 0.1) is 5.54 Å². The van der Waals surface area contributed by atoms with Crippen molar-refractivity contribution in [1.29, 1.82) is 0 Å². The highest BCUT2D eigenvalue weighted by Crippen LogP contribution is 2.37. The van der Waals surface area contributed by atoms with Gasteiger partial charge in [0.25, 0.3) is 0 Å². The summed E-state index contributed by atoms with van der Waals surface area (Å²) >= 11 is 0. The smallest absolute Gasteiger partial charge is 0.411 e. The van der Waals surface area contributed by atoms with E-state index in [0.717, 1.165) is 5.56 Å². The van der Waals surface area contributed by atoms with Crippen molar-refractivity contribution in [1.82, 2.24) is 4.90 Å². The van der Waals surface area contributed by atoms with Gasteiger partial charge in [-0.15, -0.1) is 0 Å². The minimum absolute atomic E-state index is 0.267. The molecule has 0 aromatic heterocycles. The van der Waals surface area contributed by atoms with E-state index in [1.807, 2.05) is 58.0 Å². The molecule has 0 unspecified atom stereocenters. The summed E-state index contributed by atoms with van der Waals surface area (Å²) in [5.41, 5.74) is 1.36. The Morgan fingerprint density at radius 2 is 1.85 bits per heavy atom. The fraction of sp³-hybridized carbons (Fsp3) is 0.471. The quantitative estimate of drug-likeness (QED) is 0.721. The van der Waals surface area contributed by atoms with Gasteiger partial charge in [-0.25, -0.2) is 4.79 Å². The molecule has 1 atom stereocenters.